The molecule has 2 N–H and O–H groups in total. The Labute approximate surface area is 92.6 Å². The van der Waals surface area contributed by atoms with Crippen LogP contribution in [0.15, 0.2) is 16.6 Å². The molecular weight excluding hydrogens is 242 g/mol. The molecule has 76 valence electrons. The largest absolute Gasteiger partial charge is 0.496 e. The number of ether oxygens (including phenoxy) is 1. The van der Waals surface area contributed by atoms with Crippen LogP contribution in [0.5, 0.6) is 5.75 Å². The van der Waals surface area contributed by atoms with E-state index < -0.39 is 0 Å². The van der Waals surface area contributed by atoms with E-state index >= 15 is 0 Å². The summed E-state index contributed by atoms with van der Waals surface area (Å²) in [5.74, 6) is 0.908. The van der Waals surface area contributed by atoms with Crippen molar-refractivity contribution >= 4 is 15.9 Å². The number of nitrogens with two attached hydrogens (primary N) is 1. The van der Waals surface area contributed by atoms with Crippen LogP contribution in [0.2, 0.25) is 0 Å². The molecule has 0 heterocycles. The first kappa shape index (κ1) is 9.99. The van der Waals surface area contributed by atoms with E-state index in [9.17, 15) is 0 Å². The molecule has 1 aromatic rings. The van der Waals surface area contributed by atoms with E-state index in [0.29, 0.717) is 0 Å². The van der Waals surface area contributed by atoms with E-state index in [4.69, 9.17) is 10.5 Å². The molecule has 1 aromatic carbocycles. The van der Waals surface area contributed by atoms with Gasteiger partial charge in [-0.25, -0.2) is 0 Å². The van der Waals surface area contributed by atoms with Gasteiger partial charge >= 0.3 is 0 Å². The number of rotatable bonds is 2. The Kier molecular flexibility index (Phi) is 2.32. The van der Waals surface area contributed by atoms with Crippen molar-refractivity contribution in [2.45, 2.75) is 25.3 Å². The predicted octanol–water partition coefficient (Wildman–Crippen LogP) is 2.71. The van der Waals surface area contributed by atoms with Gasteiger partial charge in [0.1, 0.15) is 5.75 Å². The fraction of sp³-hybridized carbons (Fsp3) is 0.455. The zero-order valence-electron chi connectivity index (χ0n) is 8.43. The molecule has 0 unspecified atom stereocenters. The molecule has 0 aliphatic heterocycles. The number of hydrogen-bond acceptors (Lipinski definition) is 2. The van der Waals surface area contributed by atoms with Gasteiger partial charge in [-0.3, -0.25) is 0 Å². The second kappa shape index (κ2) is 3.24. The number of halogens is 1. The molecule has 0 radical (unpaired) electrons. The highest BCUT2D eigenvalue weighted by Crippen LogP contribution is 2.45. The van der Waals surface area contributed by atoms with Gasteiger partial charge in [0.05, 0.1) is 7.11 Å². The second-order valence-corrected chi connectivity index (χ2v) is 4.80. The highest BCUT2D eigenvalue weighted by molar-refractivity contribution is 9.10. The van der Waals surface area contributed by atoms with Crippen molar-refractivity contribution in [1.82, 2.24) is 0 Å². The van der Waals surface area contributed by atoms with Gasteiger partial charge in [-0.05, 0) is 37.5 Å². The zero-order valence-corrected chi connectivity index (χ0v) is 10.0. The van der Waals surface area contributed by atoms with Gasteiger partial charge in [0.15, 0.2) is 0 Å². The van der Waals surface area contributed by atoms with Crippen LogP contribution in [-0.2, 0) is 5.54 Å². The lowest BCUT2D eigenvalue weighted by Crippen LogP contribution is -2.18. The second-order valence-electron chi connectivity index (χ2n) is 3.94. The number of methoxy groups -OCH3 is 1. The summed E-state index contributed by atoms with van der Waals surface area (Å²) in [5.41, 5.74) is 8.34. The first-order chi connectivity index (χ1) is 6.57. The van der Waals surface area contributed by atoms with E-state index in [1.807, 2.05) is 13.0 Å². The monoisotopic (exact) mass is 255 g/mol. The summed E-state index contributed by atoms with van der Waals surface area (Å²) in [6.07, 6.45) is 2.15. The molecule has 0 saturated heterocycles. The molecule has 2 rings (SSSR count). The summed E-state index contributed by atoms with van der Waals surface area (Å²) in [7, 11) is 1.69. The van der Waals surface area contributed by atoms with Crippen LogP contribution < -0.4 is 10.5 Å². The summed E-state index contributed by atoms with van der Waals surface area (Å²) < 4.78 is 6.38. The van der Waals surface area contributed by atoms with E-state index in [2.05, 4.69) is 22.0 Å². The van der Waals surface area contributed by atoms with Crippen LogP contribution in [-0.4, -0.2) is 7.11 Å². The summed E-state index contributed by atoms with van der Waals surface area (Å²) >= 11 is 3.52. The maximum absolute atomic E-state index is 6.13. The summed E-state index contributed by atoms with van der Waals surface area (Å²) in [5, 5.41) is 0. The Balaban J connectivity index is 2.48. The highest BCUT2D eigenvalue weighted by atomic mass is 79.9. The maximum Gasteiger partial charge on any atom is 0.123 e. The highest BCUT2D eigenvalue weighted by Gasteiger charge is 2.40. The van der Waals surface area contributed by atoms with Crippen LogP contribution in [0.1, 0.15) is 24.0 Å². The normalized spacial score (nSPS) is 18.0. The average Bonchev–Trinajstić information content (AvgIpc) is 2.89. The number of hydrogen-bond donors (Lipinski definition) is 1. The first-order valence-electron chi connectivity index (χ1n) is 4.70. The lowest BCUT2D eigenvalue weighted by Gasteiger charge is -2.14. The molecule has 14 heavy (non-hydrogen) atoms. The molecule has 1 fully saturated rings. The SMILES string of the molecule is COc1cc(C2(N)CC2)cc(Br)c1C. The van der Waals surface area contributed by atoms with Crippen LogP contribution in [0, 0.1) is 6.92 Å². The van der Waals surface area contributed by atoms with Crippen LogP contribution >= 0.6 is 15.9 Å². The molecular formula is C11H14BrNO. The Bertz CT molecular complexity index is 372. The van der Waals surface area contributed by atoms with Gasteiger partial charge in [-0.2, -0.15) is 0 Å². The van der Waals surface area contributed by atoms with Gasteiger partial charge in [-0.15, -0.1) is 0 Å². The van der Waals surface area contributed by atoms with E-state index in [-0.39, 0.29) is 5.54 Å². The molecule has 0 bridgehead atoms. The smallest absolute Gasteiger partial charge is 0.123 e. The summed E-state index contributed by atoms with van der Waals surface area (Å²) in [4.78, 5) is 0. The molecule has 1 aliphatic carbocycles. The molecule has 0 amide bonds. The maximum atomic E-state index is 6.13. The minimum atomic E-state index is -0.0938. The quantitative estimate of drug-likeness (QED) is 0.882. The Morgan fingerprint density at radius 3 is 2.57 bits per heavy atom. The molecule has 0 aromatic heterocycles. The molecule has 1 saturated carbocycles. The van der Waals surface area contributed by atoms with Crippen molar-refractivity contribution in [2.75, 3.05) is 7.11 Å². The van der Waals surface area contributed by atoms with E-state index in [1.165, 1.54) is 5.56 Å². The lowest BCUT2D eigenvalue weighted by atomic mass is 10.0. The Morgan fingerprint density at radius 2 is 2.07 bits per heavy atom. The molecule has 2 nitrogen and oxygen atoms in total. The Morgan fingerprint density at radius 1 is 1.43 bits per heavy atom. The average molecular weight is 256 g/mol. The molecule has 0 atom stereocenters. The third-order valence-electron chi connectivity index (χ3n) is 2.88. The topological polar surface area (TPSA) is 35.2 Å². The van der Waals surface area contributed by atoms with Crippen molar-refractivity contribution < 1.29 is 4.74 Å². The van der Waals surface area contributed by atoms with Gasteiger partial charge in [-0.1, -0.05) is 15.9 Å². The van der Waals surface area contributed by atoms with Crippen molar-refractivity contribution in [2.24, 2.45) is 5.73 Å². The molecule has 1 aliphatic rings. The lowest BCUT2D eigenvalue weighted by molar-refractivity contribution is 0.410. The van der Waals surface area contributed by atoms with Gasteiger partial charge in [0.2, 0.25) is 0 Å². The van der Waals surface area contributed by atoms with E-state index in [0.717, 1.165) is 28.6 Å². The fourth-order valence-corrected chi connectivity index (χ4v) is 2.02. The summed E-state index contributed by atoms with van der Waals surface area (Å²) in [6.45, 7) is 2.03. The standard InChI is InChI=1S/C11H14BrNO/c1-7-9(12)5-8(6-10(7)14-2)11(13)3-4-11/h5-6H,3-4,13H2,1-2H3. The van der Waals surface area contributed by atoms with Crippen molar-refractivity contribution in [3.8, 4) is 5.75 Å². The fourth-order valence-electron chi connectivity index (χ4n) is 1.58. The van der Waals surface area contributed by atoms with Gasteiger partial charge < -0.3 is 10.5 Å². The third-order valence-corrected chi connectivity index (χ3v) is 3.70. The van der Waals surface area contributed by atoms with Crippen LogP contribution in [0.3, 0.4) is 0 Å². The van der Waals surface area contributed by atoms with E-state index in [1.54, 1.807) is 7.11 Å². The minimum Gasteiger partial charge on any atom is -0.496 e. The minimum absolute atomic E-state index is 0.0938. The zero-order chi connectivity index (χ0) is 10.3. The number of benzene rings is 1. The molecule has 3 heteroatoms. The Hall–Kier alpha value is -0.540. The van der Waals surface area contributed by atoms with Gasteiger partial charge in [0.25, 0.3) is 0 Å². The first-order valence-corrected chi connectivity index (χ1v) is 5.49. The predicted molar refractivity (Wildman–Crippen MR) is 60.5 cm³/mol. The third kappa shape index (κ3) is 1.55. The molecule has 0 spiro atoms. The van der Waals surface area contributed by atoms with Crippen LogP contribution in [0.25, 0.3) is 0 Å². The van der Waals surface area contributed by atoms with Crippen molar-refractivity contribution in [3.63, 3.8) is 0 Å². The van der Waals surface area contributed by atoms with Crippen molar-refractivity contribution in [3.05, 3.63) is 27.7 Å². The van der Waals surface area contributed by atoms with Crippen LogP contribution in [0.4, 0.5) is 0 Å². The van der Waals surface area contributed by atoms with Gasteiger partial charge in [0, 0.05) is 15.6 Å². The summed E-state index contributed by atoms with van der Waals surface area (Å²) in [6, 6.07) is 4.15. The van der Waals surface area contributed by atoms with Crippen molar-refractivity contribution in [1.29, 1.82) is 0 Å².